The summed E-state index contributed by atoms with van der Waals surface area (Å²) in [5.74, 6) is 2.17. The van der Waals surface area contributed by atoms with Gasteiger partial charge in [0.25, 0.3) is 0 Å². The van der Waals surface area contributed by atoms with E-state index < -0.39 is 0 Å². The van der Waals surface area contributed by atoms with Crippen LogP contribution < -0.4 is 5.32 Å². The second kappa shape index (κ2) is 10.2. The lowest BCUT2D eigenvalue weighted by atomic mass is 9.98. The van der Waals surface area contributed by atoms with Crippen LogP contribution in [0.25, 0.3) is 0 Å². The molecule has 0 radical (unpaired) electrons. The average molecular weight is 411 g/mol. The summed E-state index contributed by atoms with van der Waals surface area (Å²) < 4.78 is 2.21. The van der Waals surface area contributed by atoms with Gasteiger partial charge in [0, 0.05) is 32.6 Å². The van der Waals surface area contributed by atoms with Crippen LogP contribution in [0, 0.1) is 5.92 Å². The summed E-state index contributed by atoms with van der Waals surface area (Å²) in [7, 11) is 2.09. The molecule has 0 spiro atoms. The Labute approximate surface area is 179 Å². The minimum absolute atomic E-state index is 0.0929. The number of piperidine rings is 1. The number of hydrogen-bond acceptors (Lipinski definition) is 5. The highest BCUT2D eigenvalue weighted by atomic mass is 16.1. The molecule has 4 rings (SSSR count). The van der Waals surface area contributed by atoms with E-state index in [1.807, 2.05) is 0 Å². The standard InChI is InChI=1S/C23H34N6O/c1-27-12-6-10-20(18-27)23(30)24-17-22-26-25-21-11-14-28(15-16-29(21)22)13-5-9-19-7-3-2-4-8-19/h2-4,7-8,20H,5-6,9-18H2,1H3,(H,24,30). The fraction of sp³-hybridized carbons (Fsp3) is 0.609. The number of hydrogen-bond donors (Lipinski definition) is 1. The molecular formula is C23H34N6O. The fourth-order valence-electron chi connectivity index (χ4n) is 4.62. The molecule has 2 aliphatic rings. The van der Waals surface area contributed by atoms with E-state index in [0.717, 1.165) is 76.6 Å². The van der Waals surface area contributed by atoms with Crippen molar-refractivity contribution >= 4 is 5.91 Å². The Balaban J connectivity index is 1.25. The molecule has 1 saturated heterocycles. The van der Waals surface area contributed by atoms with Crippen molar-refractivity contribution in [2.75, 3.05) is 39.8 Å². The van der Waals surface area contributed by atoms with Gasteiger partial charge in [0.2, 0.25) is 5.91 Å². The fourth-order valence-corrected chi connectivity index (χ4v) is 4.62. The second-order valence-corrected chi connectivity index (χ2v) is 8.68. The molecule has 1 amide bonds. The third kappa shape index (κ3) is 5.46. The van der Waals surface area contributed by atoms with Crippen LogP contribution in [0.3, 0.4) is 0 Å². The molecule has 1 aromatic carbocycles. The van der Waals surface area contributed by atoms with E-state index >= 15 is 0 Å². The summed E-state index contributed by atoms with van der Waals surface area (Å²) >= 11 is 0. The molecule has 7 nitrogen and oxygen atoms in total. The van der Waals surface area contributed by atoms with Crippen molar-refractivity contribution in [3.63, 3.8) is 0 Å². The van der Waals surface area contributed by atoms with Crippen molar-refractivity contribution in [3.8, 4) is 0 Å². The summed E-state index contributed by atoms with van der Waals surface area (Å²) in [6.07, 6.45) is 5.28. The number of carbonyl (C=O) groups is 1. The van der Waals surface area contributed by atoms with Crippen molar-refractivity contribution in [2.45, 2.75) is 45.2 Å². The zero-order chi connectivity index (χ0) is 20.8. The number of aryl methyl sites for hydroxylation is 1. The van der Waals surface area contributed by atoms with Crippen molar-refractivity contribution < 1.29 is 4.79 Å². The molecule has 30 heavy (non-hydrogen) atoms. The number of nitrogens with zero attached hydrogens (tertiary/aromatic N) is 5. The summed E-state index contributed by atoms with van der Waals surface area (Å²) in [6.45, 7) is 6.44. The molecule has 1 unspecified atom stereocenters. The van der Waals surface area contributed by atoms with E-state index in [4.69, 9.17) is 0 Å². The van der Waals surface area contributed by atoms with E-state index in [0.29, 0.717) is 6.54 Å². The quantitative estimate of drug-likeness (QED) is 0.753. The first-order valence-corrected chi connectivity index (χ1v) is 11.3. The lowest BCUT2D eigenvalue weighted by molar-refractivity contribution is -0.126. The summed E-state index contributed by atoms with van der Waals surface area (Å²) in [6, 6.07) is 10.7. The zero-order valence-electron chi connectivity index (χ0n) is 18.1. The van der Waals surface area contributed by atoms with E-state index in [2.05, 4.69) is 67.3 Å². The normalized spacial score (nSPS) is 20.5. The third-order valence-corrected chi connectivity index (χ3v) is 6.39. The Morgan fingerprint density at radius 3 is 2.83 bits per heavy atom. The predicted octanol–water partition coefficient (Wildman–Crippen LogP) is 1.73. The van der Waals surface area contributed by atoms with Gasteiger partial charge in [-0.3, -0.25) is 4.79 Å². The molecule has 2 aromatic rings. The highest BCUT2D eigenvalue weighted by Gasteiger charge is 2.24. The number of carbonyl (C=O) groups excluding carboxylic acids is 1. The molecule has 1 atom stereocenters. The Morgan fingerprint density at radius 1 is 1.13 bits per heavy atom. The molecule has 0 bridgehead atoms. The summed E-state index contributed by atoms with van der Waals surface area (Å²) in [4.78, 5) is 17.3. The van der Waals surface area contributed by atoms with Crippen LogP contribution in [0.2, 0.25) is 0 Å². The zero-order valence-corrected chi connectivity index (χ0v) is 18.1. The Kier molecular flexibility index (Phi) is 7.12. The van der Waals surface area contributed by atoms with Crippen molar-refractivity contribution in [3.05, 3.63) is 47.5 Å². The minimum atomic E-state index is 0.0929. The first-order chi connectivity index (χ1) is 14.7. The molecule has 0 aliphatic carbocycles. The SMILES string of the molecule is CN1CCCC(C(=O)NCc2nnc3n2CCN(CCCc2ccccc2)CC3)C1. The molecule has 162 valence electrons. The van der Waals surface area contributed by atoms with Crippen molar-refractivity contribution in [1.29, 1.82) is 0 Å². The molecule has 1 fully saturated rings. The van der Waals surface area contributed by atoms with Crippen molar-refractivity contribution in [2.24, 2.45) is 5.92 Å². The van der Waals surface area contributed by atoms with Gasteiger partial charge in [0.15, 0.2) is 5.82 Å². The number of aromatic nitrogens is 3. The maximum Gasteiger partial charge on any atom is 0.224 e. The van der Waals surface area contributed by atoms with E-state index in [9.17, 15) is 4.79 Å². The highest BCUT2D eigenvalue weighted by molar-refractivity contribution is 5.78. The molecule has 0 saturated carbocycles. The van der Waals surface area contributed by atoms with Crippen LogP contribution in [0.15, 0.2) is 30.3 Å². The molecule has 1 N–H and O–H groups in total. The lowest BCUT2D eigenvalue weighted by Crippen LogP contribution is -2.41. The van der Waals surface area contributed by atoms with E-state index in [1.165, 1.54) is 12.0 Å². The van der Waals surface area contributed by atoms with Crippen LogP contribution in [0.4, 0.5) is 0 Å². The number of amides is 1. The van der Waals surface area contributed by atoms with Gasteiger partial charge < -0.3 is 19.7 Å². The summed E-state index contributed by atoms with van der Waals surface area (Å²) in [5, 5.41) is 11.9. The Morgan fingerprint density at radius 2 is 2.00 bits per heavy atom. The van der Waals surface area contributed by atoms with Gasteiger partial charge in [0.05, 0.1) is 12.5 Å². The van der Waals surface area contributed by atoms with Gasteiger partial charge in [0.1, 0.15) is 5.82 Å². The smallest absolute Gasteiger partial charge is 0.224 e. The molecule has 1 aromatic heterocycles. The maximum absolute atomic E-state index is 12.6. The molecule has 3 heterocycles. The minimum Gasteiger partial charge on any atom is -0.349 e. The van der Waals surface area contributed by atoms with Crippen molar-refractivity contribution in [1.82, 2.24) is 29.9 Å². The lowest BCUT2D eigenvalue weighted by Gasteiger charge is -2.28. The predicted molar refractivity (Wildman–Crippen MR) is 117 cm³/mol. The van der Waals surface area contributed by atoms with Gasteiger partial charge in [-0.15, -0.1) is 10.2 Å². The monoisotopic (exact) mass is 410 g/mol. The van der Waals surface area contributed by atoms with Crippen LogP contribution in [-0.2, 0) is 30.7 Å². The molecule has 2 aliphatic heterocycles. The van der Waals surface area contributed by atoms with Gasteiger partial charge in [-0.05, 0) is 51.4 Å². The topological polar surface area (TPSA) is 66.3 Å². The average Bonchev–Trinajstić information content (AvgIpc) is 3.04. The number of likely N-dealkylation sites (tertiary alicyclic amines) is 1. The number of fused-ring (bicyclic) bond motifs is 1. The molecular weight excluding hydrogens is 376 g/mol. The largest absolute Gasteiger partial charge is 0.349 e. The molecule has 7 heteroatoms. The Bertz CT molecular complexity index is 820. The first-order valence-electron chi connectivity index (χ1n) is 11.3. The highest BCUT2D eigenvalue weighted by Crippen LogP contribution is 2.16. The number of benzene rings is 1. The van der Waals surface area contributed by atoms with Gasteiger partial charge >= 0.3 is 0 Å². The van der Waals surface area contributed by atoms with Gasteiger partial charge in [-0.25, -0.2) is 0 Å². The summed E-state index contributed by atoms with van der Waals surface area (Å²) in [5.41, 5.74) is 1.41. The van der Waals surface area contributed by atoms with Crippen LogP contribution in [0.1, 0.15) is 36.5 Å². The van der Waals surface area contributed by atoms with E-state index in [-0.39, 0.29) is 11.8 Å². The third-order valence-electron chi connectivity index (χ3n) is 6.39. The van der Waals surface area contributed by atoms with Gasteiger partial charge in [-0.1, -0.05) is 30.3 Å². The second-order valence-electron chi connectivity index (χ2n) is 8.68. The first kappa shape index (κ1) is 21.0. The Hall–Kier alpha value is -2.25. The van der Waals surface area contributed by atoms with Crippen LogP contribution >= 0.6 is 0 Å². The van der Waals surface area contributed by atoms with Crippen LogP contribution in [-0.4, -0.2) is 70.2 Å². The van der Waals surface area contributed by atoms with E-state index in [1.54, 1.807) is 0 Å². The number of rotatable bonds is 7. The van der Waals surface area contributed by atoms with Gasteiger partial charge in [-0.2, -0.15) is 0 Å². The maximum atomic E-state index is 12.6. The number of nitrogens with one attached hydrogen (secondary N) is 1. The van der Waals surface area contributed by atoms with Crippen LogP contribution in [0.5, 0.6) is 0 Å².